The maximum absolute atomic E-state index is 13.6. The van der Waals surface area contributed by atoms with Crippen molar-refractivity contribution in [3.05, 3.63) is 44.6 Å². The van der Waals surface area contributed by atoms with E-state index in [4.69, 9.17) is 0 Å². The summed E-state index contributed by atoms with van der Waals surface area (Å²) in [6.45, 7) is 6.94. The summed E-state index contributed by atoms with van der Waals surface area (Å²) in [7, 11) is 0. The molecule has 0 bridgehead atoms. The van der Waals surface area contributed by atoms with Crippen LogP contribution in [0.25, 0.3) is 0 Å². The maximum Gasteiger partial charge on any atom is 0.147 e. The van der Waals surface area contributed by atoms with E-state index in [-0.39, 0.29) is 11.2 Å². The smallest absolute Gasteiger partial charge is 0.147 e. The summed E-state index contributed by atoms with van der Waals surface area (Å²) in [5.41, 5.74) is 1.50. The lowest BCUT2D eigenvalue weighted by molar-refractivity contribution is 0.583. The van der Waals surface area contributed by atoms with Crippen molar-refractivity contribution in [2.75, 3.05) is 5.32 Å². The van der Waals surface area contributed by atoms with Crippen molar-refractivity contribution < 1.29 is 4.39 Å². The Bertz CT molecular complexity index is 575. The largest absolute Gasteiger partial charge is 0.377 e. The first kappa shape index (κ1) is 14.5. The van der Waals surface area contributed by atoms with Crippen molar-refractivity contribution >= 4 is 33.0 Å². The van der Waals surface area contributed by atoms with Gasteiger partial charge in [-0.05, 0) is 18.2 Å². The van der Waals surface area contributed by atoms with Crippen molar-refractivity contribution in [1.29, 1.82) is 0 Å². The van der Waals surface area contributed by atoms with Crippen LogP contribution < -0.4 is 5.32 Å². The number of thiazole rings is 1. The van der Waals surface area contributed by atoms with Gasteiger partial charge in [0.2, 0.25) is 0 Å². The summed E-state index contributed by atoms with van der Waals surface area (Å²) < 4.78 is 14.4. The number of nitrogens with zero attached hydrogens (tertiary/aromatic N) is 1. The van der Waals surface area contributed by atoms with Gasteiger partial charge in [-0.15, -0.1) is 11.3 Å². The van der Waals surface area contributed by atoms with Crippen LogP contribution in [-0.2, 0) is 12.0 Å². The molecular weight excluding hydrogens is 327 g/mol. The van der Waals surface area contributed by atoms with Crippen LogP contribution in [0.3, 0.4) is 0 Å². The number of anilines is 1. The number of hydrogen-bond acceptors (Lipinski definition) is 3. The lowest BCUT2D eigenvalue weighted by Gasteiger charge is -2.13. The normalized spacial score (nSPS) is 11.6. The van der Waals surface area contributed by atoms with Gasteiger partial charge in [0.15, 0.2) is 0 Å². The van der Waals surface area contributed by atoms with Crippen LogP contribution in [0.1, 0.15) is 31.5 Å². The molecule has 1 aromatic carbocycles. The predicted octanol–water partition coefficient (Wildman–Crippen LogP) is 4.95. The summed E-state index contributed by atoms with van der Waals surface area (Å²) in [5.74, 6) is -0.263. The number of halogens is 2. The van der Waals surface area contributed by atoms with Crippen molar-refractivity contribution in [3.8, 4) is 0 Å². The molecule has 0 radical (unpaired) electrons. The molecule has 2 rings (SSSR count). The monoisotopic (exact) mass is 342 g/mol. The minimum absolute atomic E-state index is 0.0613. The van der Waals surface area contributed by atoms with Gasteiger partial charge in [0.1, 0.15) is 5.82 Å². The molecule has 0 aliphatic heterocycles. The van der Waals surface area contributed by atoms with Crippen LogP contribution in [0.2, 0.25) is 0 Å². The number of benzene rings is 1. The molecule has 0 atom stereocenters. The molecule has 1 N–H and O–H groups in total. The third kappa shape index (κ3) is 3.76. The topological polar surface area (TPSA) is 24.9 Å². The third-order valence-corrected chi connectivity index (χ3v) is 4.39. The van der Waals surface area contributed by atoms with E-state index in [1.54, 1.807) is 17.4 Å². The Morgan fingerprint density at radius 1 is 1.37 bits per heavy atom. The molecule has 2 aromatic rings. The molecule has 0 amide bonds. The second kappa shape index (κ2) is 5.59. The van der Waals surface area contributed by atoms with Crippen LogP contribution in [0.15, 0.2) is 28.1 Å². The van der Waals surface area contributed by atoms with Gasteiger partial charge in [0.05, 0.1) is 22.9 Å². The first-order valence-corrected chi connectivity index (χ1v) is 7.67. The molecule has 0 saturated carbocycles. The third-order valence-electron chi connectivity index (χ3n) is 2.58. The van der Waals surface area contributed by atoms with Gasteiger partial charge in [0.25, 0.3) is 0 Å². The van der Waals surface area contributed by atoms with E-state index < -0.39 is 0 Å². The van der Waals surface area contributed by atoms with Gasteiger partial charge in [-0.25, -0.2) is 9.37 Å². The zero-order valence-corrected chi connectivity index (χ0v) is 13.5. The van der Waals surface area contributed by atoms with Crippen LogP contribution in [-0.4, -0.2) is 4.98 Å². The summed E-state index contributed by atoms with van der Waals surface area (Å²) in [4.78, 5) is 4.57. The number of rotatable bonds is 3. The lowest BCUT2D eigenvalue weighted by atomic mass is 9.98. The van der Waals surface area contributed by atoms with E-state index in [2.05, 4.69) is 47.0 Å². The number of hydrogen-bond donors (Lipinski definition) is 1. The SMILES string of the molecule is CC(C)(C)c1nc(CNc2ccc(Br)cc2F)cs1. The lowest BCUT2D eigenvalue weighted by Crippen LogP contribution is -2.11. The quantitative estimate of drug-likeness (QED) is 0.853. The second-order valence-corrected chi connectivity index (χ2v) is 7.15. The molecule has 0 fully saturated rings. The fraction of sp³-hybridized carbons (Fsp3) is 0.357. The van der Waals surface area contributed by atoms with E-state index in [0.717, 1.165) is 15.2 Å². The molecule has 2 nitrogen and oxygen atoms in total. The van der Waals surface area contributed by atoms with Crippen molar-refractivity contribution in [2.24, 2.45) is 0 Å². The van der Waals surface area contributed by atoms with E-state index in [0.29, 0.717) is 12.2 Å². The maximum atomic E-state index is 13.6. The molecule has 0 spiro atoms. The summed E-state index contributed by atoms with van der Waals surface area (Å²) >= 11 is 4.88. The van der Waals surface area contributed by atoms with E-state index in [1.165, 1.54) is 6.07 Å². The van der Waals surface area contributed by atoms with E-state index >= 15 is 0 Å². The zero-order chi connectivity index (χ0) is 14.0. The number of aromatic nitrogens is 1. The standard InChI is InChI=1S/C14H16BrFN2S/c1-14(2,3)13-18-10(8-19-13)7-17-12-5-4-9(15)6-11(12)16/h4-6,8,17H,7H2,1-3H3. The van der Waals surface area contributed by atoms with Crippen molar-refractivity contribution in [3.63, 3.8) is 0 Å². The van der Waals surface area contributed by atoms with Crippen LogP contribution >= 0.6 is 27.3 Å². The molecule has 0 aliphatic carbocycles. The van der Waals surface area contributed by atoms with Crippen LogP contribution in [0.5, 0.6) is 0 Å². The molecular formula is C14H16BrFN2S. The fourth-order valence-corrected chi connectivity index (χ4v) is 2.79. The Kier molecular flexibility index (Phi) is 4.26. The Balaban J connectivity index is 2.04. The highest BCUT2D eigenvalue weighted by Gasteiger charge is 2.17. The average molecular weight is 343 g/mol. The van der Waals surface area contributed by atoms with Gasteiger partial charge in [0, 0.05) is 15.3 Å². The summed E-state index contributed by atoms with van der Waals surface area (Å²) in [6.07, 6.45) is 0. The molecule has 102 valence electrons. The van der Waals surface area contributed by atoms with Crippen LogP contribution in [0.4, 0.5) is 10.1 Å². The van der Waals surface area contributed by atoms with Gasteiger partial charge in [-0.1, -0.05) is 36.7 Å². The first-order chi connectivity index (χ1) is 8.86. The highest BCUT2D eigenvalue weighted by Crippen LogP contribution is 2.26. The van der Waals surface area contributed by atoms with Gasteiger partial charge >= 0.3 is 0 Å². The van der Waals surface area contributed by atoms with E-state index in [9.17, 15) is 4.39 Å². The average Bonchev–Trinajstić information content (AvgIpc) is 2.76. The molecule has 1 aromatic heterocycles. The van der Waals surface area contributed by atoms with Crippen molar-refractivity contribution in [2.45, 2.75) is 32.7 Å². The Labute approximate surface area is 125 Å². The molecule has 5 heteroatoms. The Morgan fingerprint density at radius 2 is 2.11 bits per heavy atom. The summed E-state index contributed by atoms with van der Waals surface area (Å²) in [6, 6.07) is 4.98. The molecule has 0 unspecified atom stereocenters. The highest BCUT2D eigenvalue weighted by molar-refractivity contribution is 9.10. The molecule has 19 heavy (non-hydrogen) atoms. The van der Waals surface area contributed by atoms with E-state index in [1.807, 2.05) is 11.4 Å². The van der Waals surface area contributed by atoms with Gasteiger partial charge < -0.3 is 5.32 Å². The molecule has 1 heterocycles. The first-order valence-electron chi connectivity index (χ1n) is 6.00. The Morgan fingerprint density at radius 3 is 2.68 bits per heavy atom. The fourth-order valence-electron chi connectivity index (χ4n) is 1.55. The van der Waals surface area contributed by atoms with Crippen molar-refractivity contribution in [1.82, 2.24) is 4.98 Å². The van der Waals surface area contributed by atoms with Gasteiger partial charge in [-0.2, -0.15) is 0 Å². The van der Waals surface area contributed by atoms with Crippen LogP contribution in [0, 0.1) is 5.82 Å². The highest BCUT2D eigenvalue weighted by atomic mass is 79.9. The summed E-state index contributed by atoms with van der Waals surface area (Å²) in [5, 5.41) is 6.19. The predicted molar refractivity (Wildman–Crippen MR) is 82.2 cm³/mol. The van der Waals surface area contributed by atoms with Gasteiger partial charge in [-0.3, -0.25) is 0 Å². The zero-order valence-electron chi connectivity index (χ0n) is 11.1. The number of nitrogens with one attached hydrogen (secondary N) is 1. The minimum atomic E-state index is -0.263. The minimum Gasteiger partial charge on any atom is -0.377 e. The molecule has 0 saturated heterocycles. The molecule has 0 aliphatic rings. The second-order valence-electron chi connectivity index (χ2n) is 5.37. The Hall–Kier alpha value is -0.940.